The smallest absolute Gasteiger partial charge is 0.0257 e. The van der Waals surface area contributed by atoms with Gasteiger partial charge in [-0.25, -0.2) is 0 Å². The molecule has 0 saturated carbocycles. The summed E-state index contributed by atoms with van der Waals surface area (Å²) in [5.41, 5.74) is 3.74. The van der Waals surface area contributed by atoms with Crippen LogP contribution in [0, 0.1) is 0 Å². The highest BCUT2D eigenvalue weighted by molar-refractivity contribution is 5.56. The standard InChI is InChI=1S/C12H14/c1-4-11-5-7-12(8-6-11)9-10(2)3/h4-9H,1H2,2-3H3. The quantitative estimate of drug-likeness (QED) is 0.615. The first-order chi connectivity index (χ1) is 5.72. The molecular weight excluding hydrogens is 144 g/mol. The maximum absolute atomic E-state index is 3.71. The Morgan fingerprint density at radius 3 is 2.00 bits per heavy atom. The minimum Gasteiger partial charge on any atom is -0.0985 e. The zero-order chi connectivity index (χ0) is 8.97. The fourth-order valence-corrected chi connectivity index (χ4v) is 1.06. The number of allylic oxidation sites excluding steroid dienone is 1. The molecule has 0 amide bonds. The zero-order valence-corrected chi connectivity index (χ0v) is 7.67. The van der Waals surface area contributed by atoms with E-state index in [0.29, 0.717) is 0 Å². The van der Waals surface area contributed by atoms with Crippen molar-refractivity contribution in [2.24, 2.45) is 0 Å². The first kappa shape index (κ1) is 8.79. The van der Waals surface area contributed by atoms with Gasteiger partial charge < -0.3 is 0 Å². The van der Waals surface area contributed by atoms with E-state index in [1.54, 1.807) is 0 Å². The third kappa shape index (κ3) is 2.39. The topological polar surface area (TPSA) is 0 Å². The largest absolute Gasteiger partial charge is 0.0985 e. The summed E-state index contributed by atoms with van der Waals surface area (Å²) in [5, 5.41) is 0. The second kappa shape index (κ2) is 3.91. The van der Waals surface area contributed by atoms with E-state index < -0.39 is 0 Å². The molecule has 0 aromatic heterocycles. The van der Waals surface area contributed by atoms with Crippen LogP contribution in [-0.4, -0.2) is 0 Å². The van der Waals surface area contributed by atoms with Gasteiger partial charge in [-0.2, -0.15) is 0 Å². The van der Waals surface area contributed by atoms with Crippen molar-refractivity contribution in [1.82, 2.24) is 0 Å². The summed E-state index contributed by atoms with van der Waals surface area (Å²) in [7, 11) is 0. The van der Waals surface area contributed by atoms with Crippen molar-refractivity contribution in [2.75, 3.05) is 0 Å². The fraction of sp³-hybridized carbons (Fsp3) is 0.167. The number of benzene rings is 1. The number of hydrogen-bond donors (Lipinski definition) is 0. The predicted molar refractivity (Wildman–Crippen MR) is 55.9 cm³/mol. The Balaban J connectivity index is 2.92. The average molecular weight is 158 g/mol. The zero-order valence-electron chi connectivity index (χ0n) is 7.67. The molecule has 0 bridgehead atoms. The van der Waals surface area contributed by atoms with E-state index in [9.17, 15) is 0 Å². The third-order valence-corrected chi connectivity index (χ3v) is 1.63. The van der Waals surface area contributed by atoms with Gasteiger partial charge in [0.2, 0.25) is 0 Å². The molecule has 0 fully saturated rings. The molecule has 0 atom stereocenters. The van der Waals surface area contributed by atoms with Crippen molar-refractivity contribution in [1.29, 1.82) is 0 Å². The van der Waals surface area contributed by atoms with Gasteiger partial charge in [-0.1, -0.05) is 48.6 Å². The lowest BCUT2D eigenvalue weighted by Crippen LogP contribution is -1.74. The van der Waals surface area contributed by atoms with Crippen molar-refractivity contribution < 1.29 is 0 Å². The molecule has 1 aromatic carbocycles. The Labute approximate surface area is 74.2 Å². The fourth-order valence-electron chi connectivity index (χ4n) is 1.06. The van der Waals surface area contributed by atoms with Crippen LogP contribution in [-0.2, 0) is 0 Å². The van der Waals surface area contributed by atoms with Gasteiger partial charge in [-0.3, -0.25) is 0 Å². The summed E-state index contributed by atoms with van der Waals surface area (Å²) in [5.74, 6) is 0. The molecular formula is C12H14. The average Bonchev–Trinajstić information content (AvgIpc) is 2.05. The van der Waals surface area contributed by atoms with E-state index in [-0.39, 0.29) is 0 Å². The molecule has 0 heteroatoms. The van der Waals surface area contributed by atoms with Gasteiger partial charge in [-0.15, -0.1) is 0 Å². The second-order valence-electron chi connectivity index (χ2n) is 3.09. The molecule has 0 aliphatic heterocycles. The van der Waals surface area contributed by atoms with Crippen LogP contribution in [0.4, 0.5) is 0 Å². The van der Waals surface area contributed by atoms with Crippen LogP contribution < -0.4 is 0 Å². The van der Waals surface area contributed by atoms with Gasteiger partial charge in [0.05, 0.1) is 0 Å². The van der Waals surface area contributed by atoms with E-state index in [0.717, 1.165) is 0 Å². The Morgan fingerprint density at radius 2 is 1.58 bits per heavy atom. The van der Waals surface area contributed by atoms with Gasteiger partial charge in [0.1, 0.15) is 0 Å². The summed E-state index contributed by atoms with van der Waals surface area (Å²) >= 11 is 0. The van der Waals surface area contributed by atoms with E-state index in [1.807, 2.05) is 6.08 Å². The highest BCUT2D eigenvalue weighted by Gasteiger charge is 1.87. The molecule has 0 spiro atoms. The molecule has 0 N–H and O–H groups in total. The third-order valence-electron chi connectivity index (χ3n) is 1.63. The molecule has 0 saturated heterocycles. The summed E-state index contributed by atoms with van der Waals surface area (Å²) in [4.78, 5) is 0. The normalized spacial score (nSPS) is 9.17. The van der Waals surface area contributed by atoms with Crippen LogP contribution in [0.2, 0.25) is 0 Å². The van der Waals surface area contributed by atoms with Crippen LogP contribution in [0.5, 0.6) is 0 Å². The van der Waals surface area contributed by atoms with Crippen molar-refractivity contribution >= 4 is 12.2 Å². The van der Waals surface area contributed by atoms with Gasteiger partial charge in [-0.05, 0) is 25.0 Å². The lowest BCUT2D eigenvalue weighted by atomic mass is 10.1. The SMILES string of the molecule is C=Cc1ccc(C=C(C)C)cc1. The Morgan fingerprint density at radius 1 is 1.08 bits per heavy atom. The molecule has 12 heavy (non-hydrogen) atoms. The van der Waals surface area contributed by atoms with Crippen LogP contribution in [0.3, 0.4) is 0 Å². The lowest BCUT2D eigenvalue weighted by Gasteiger charge is -1.95. The van der Waals surface area contributed by atoms with Crippen LogP contribution in [0.25, 0.3) is 12.2 Å². The second-order valence-corrected chi connectivity index (χ2v) is 3.09. The van der Waals surface area contributed by atoms with E-state index in [2.05, 4.69) is 50.8 Å². The summed E-state index contributed by atoms with van der Waals surface area (Å²) in [6.45, 7) is 7.90. The van der Waals surface area contributed by atoms with Crippen LogP contribution >= 0.6 is 0 Å². The predicted octanol–water partition coefficient (Wildman–Crippen LogP) is 3.75. The van der Waals surface area contributed by atoms with Gasteiger partial charge in [0.15, 0.2) is 0 Å². The highest BCUT2D eigenvalue weighted by atomic mass is 13.9. The summed E-state index contributed by atoms with van der Waals surface area (Å²) in [6, 6.07) is 8.34. The maximum atomic E-state index is 3.71. The maximum Gasteiger partial charge on any atom is -0.0257 e. The Hall–Kier alpha value is -1.30. The molecule has 0 aliphatic carbocycles. The van der Waals surface area contributed by atoms with E-state index >= 15 is 0 Å². The lowest BCUT2D eigenvalue weighted by molar-refractivity contribution is 1.42. The molecule has 0 radical (unpaired) electrons. The summed E-state index contributed by atoms with van der Waals surface area (Å²) < 4.78 is 0. The van der Waals surface area contributed by atoms with Crippen molar-refractivity contribution in [3.05, 3.63) is 47.5 Å². The molecule has 0 unspecified atom stereocenters. The van der Waals surface area contributed by atoms with Gasteiger partial charge in [0, 0.05) is 0 Å². The molecule has 0 heterocycles. The number of rotatable bonds is 2. The molecule has 1 rings (SSSR count). The van der Waals surface area contributed by atoms with Gasteiger partial charge in [0.25, 0.3) is 0 Å². The molecule has 62 valence electrons. The van der Waals surface area contributed by atoms with Crippen molar-refractivity contribution in [3.63, 3.8) is 0 Å². The highest BCUT2D eigenvalue weighted by Crippen LogP contribution is 2.08. The van der Waals surface area contributed by atoms with Crippen molar-refractivity contribution in [2.45, 2.75) is 13.8 Å². The summed E-state index contributed by atoms with van der Waals surface area (Å²) in [6.07, 6.45) is 4.01. The monoisotopic (exact) mass is 158 g/mol. The van der Waals surface area contributed by atoms with Crippen molar-refractivity contribution in [3.8, 4) is 0 Å². The number of hydrogen-bond acceptors (Lipinski definition) is 0. The van der Waals surface area contributed by atoms with Crippen LogP contribution in [0.1, 0.15) is 25.0 Å². The Kier molecular flexibility index (Phi) is 2.87. The first-order valence-corrected chi connectivity index (χ1v) is 4.10. The van der Waals surface area contributed by atoms with Crippen LogP contribution in [0.15, 0.2) is 36.4 Å². The Bertz CT molecular complexity index is 284. The van der Waals surface area contributed by atoms with E-state index in [1.165, 1.54) is 16.7 Å². The molecule has 0 aliphatic rings. The minimum absolute atomic E-state index is 1.17. The minimum atomic E-state index is 1.17. The molecule has 0 nitrogen and oxygen atoms in total. The first-order valence-electron chi connectivity index (χ1n) is 4.10. The van der Waals surface area contributed by atoms with Gasteiger partial charge >= 0.3 is 0 Å². The van der Waals surface area contributed by atoms with E-state index in [4.69, 9.17) is 0 Å². The molecule has 1 aromatic rings.